The maximum absolute atomic E-state index is 14.0. The topological polar surface area (TPSA) is 97.9 Å². The molecule has 1 aromatic carbocycles. The second kappa shape index (κ2) is 9.81. The van der Waals surface area contributed by atoms with E-state index < -0.39 is 29.6 Å². The Balaban J connectivity index is 1.19. The van der Waals surface area contributed by atoms with Crippen molar-refractivity contribution in [2.45, 2.75) is 38.7 Å². The minimum absolute atomic E-state index is 0.0899. The number of nitrogens with zero attached hydrogens (tertiary/aromatic N) is 3. The van der Waals surface area contributed by atoms with Gasteiger partial charge in [0.15, 0.2) is 5.82 Å². The molecule has 2 heterocycles. The van der Waals surface area contributed by atoms with Crippen LogP contribution in [-0.4, -0.2) is 48.0 Å². The molecule has 1 aromatic heterocycles. The second-order valence-electron chi connectivity index (χ2n) is 8.48. The number of methoxy groups -OCH3 is 1. The lowest BCUT2D eigenvalue weighted by molar-refractivity contribution is -0.136. The quantitative estimate of drug-likeness (QED) is 0.587. The van der Waals surface area contributed by atoms with Gasteiger partial charge in [-0.05, 0) is 43.4 Å². The van der Waals surface area contributed by atoms with E-state index in [1.165, 1.54) is 0 Å². The number of benzene rings is 1. The summed E-state index contributed by atoms with van der Waals surface area (Å²) in [5.74, 6) is -0.584. The molecule has 0 spiro atoms. The molecule has 2 atom stereocenters. The fourth-order valence-electron chi connectivity index (χ4n) is 4.57. The Labute approximate surface area is 184 Å². The van der Waals surface area contributed by atoms with Crippen molar-refractivity contribution in [3.63, 3.8) is 0 Å². The van der Waals surface area contributed by atoms with E-state index in [2.05, 4.69) is 15.0 Å². The molecule has 1 unspecified atom stereocenters. The first kappa shape index (κ1) is 22.4. The first-order valence-electron chi connectivity index (χ1n) is 10.8. The Kier molecular flexibility index (Phi) is 6.88. The third-order valence-electron chi connectivity index (χ3n) is 6.32. The van der Waals surface area contributed by atoms with Crippen molar-refractivity contribution in [3.8, 4) is 5.75 Å². The number of anilines is 1. The Morgan fingerprint density at radius 3 is 2.66 bits per heavy atom. The van der Waals surface area contributed by atoms with Gasteiger partial charge in [-0.2, -0.15) is 4.98 Å². The van der Waals surface area contributed by atoms with Crippen LogP contribution in [0.4, 0.5) is 14.8 Å². The third-order valence-corrected chi connectivity index (χ3v) is 6.32. The largest absolute Gasteiger partial charge is 0.493 e. The standard InChI is InChI=1S/C22H27F2N3O5/c1-30-12-20-25-22(32-26-20)27-5-2-13(3-6-27)16-8-14(16)4-7-31-15-9-18(23)17(11-21(28)29)19(24)10-15/h9-10,13-14,16H,2-8,11-12H2,1H3,(H,28,29)/t14-,16?/m1/s1. The Morgan fingerprint density at radius 2 is 2.00 bits per heavy atom. The molecule has 32 heavy (non-hydrogen) atoms. The van der Waals surface area contributed by atoms with E-state index in [-0.39, 0.29) is 5.75 Å². The zero-order valence-electron chi connectivity index (χ0n) is 17.9. The molecule has 1 N–H and O–H groups in total. The van der Waals surface area contributed by atoms with Crippen molar-refractivity contribution in [1.29, 1.82) is 0 Å². The third kappa shape index (κ3) is 5.35. The number of piperidine rings is 1. The van der Waals surface area contributed by atoms with Gasteiger partial charge in [-0.1, -0.05) is 5.16 Å². The molecule has 8 nitrogen and oxygen atoms in total. The van der Waals surface area contributed by atoms with Crippen LogP contribution in [0.3, 0.4) is 0 Å². The summed E-state index contributed by atoms with van der Waals surface area (Å²) in [6.45, 7) is 2.46. The summed E-state index contributed by atoms with van der Waals surface area (Å²) >= 11 is 0. The molecular formula is C22H27F2N3O5. The van der Waals surface area contributed by atoms with E-state index in [0.717, 1.165) is 50.9 Å². The number of carboxylic acids is 1. The number of ether oxygens (including phenoxy) is 2. The number of carbonyl (C=O) groups is 1. The summed E-state index contributed by atoms with van der Waals surface area (Å²) in [4.78, 5) is 17.2. The molecule has 174 valence electrons. The van der Waals surface area contributed by atoms with Crippen LogP contribution < -0.4 is 9.64 Å². The molecule has 1 saturated carbocycles. The molecule has 1 saturated heterocycles. The average molecular weight is 451 g/mol. The fourth-order valence-corrected chi connectivity index (χ4v) is 4.57. The summed E-state index contributed by atoms with van der Waals surface area (Å²) in [6, 6.07) is 2.65. The van der Waals surface area contributed by atoms with Crippen LogP contribution in [-0.2, 0) is 22.6 Å². The summed E-state index contributed by atoms with van der Waals surface area (Å²) in [6.07, 6.45) is 3.40. The van der Waals surface area contributed by atoms with E-state index in [4.69, 9.17) is 19.1 Å². The van der Waals surface area contributed by atoms with E-state index in [0.29, 0.717) is 42.8 Å². The van der Waals surface area contributed by atoms with Crippen LogP contribution in [0.2, 0.25) is 0 Å². The number of hydrogen-bond donors (Lipinski definition) is 1. The summed E-state index contributed by atoms with van der Waals surface area (Å²) in [5, 5.41) is 12.6. The lowest BCUT2D eigenvalue weighted by Gasteiger charge is -2.30. The van der Waals surface area contributed by atoms with Crippen molar-refractivity contribution in [3.05, 3.63) is 35.2 Å². The molecule has 0 radical (unpaired) electrons. The van der Waals surface area contributed by atoms with Crippen LogP contribution in [0, 0.1) is 29.4 Å². The maximum atomic E-state index is 14.0. The van der Waals surface area contributed by atoms with Gasteiger partial charge in [0.2, 0.25) is 0 Å². The molecule has 1 aliphatic heterocycles. The van der Waals surface area contributed by atoms with Gasteiger partial charge in [0, 0.05) is 37.9 Å². The normalized spacial score (nSPS) is 21.0. The molecule has 4 rings (SSSR count). The van der Waals surface area contributed by atoms with Gasteiger partial charge in [-0.25, -0.2) is 8.78 Å². The molecule has 2 aromatic rings. The number of carboxylic acid groups (broad SMARTS) is 1. The van der Waals surface area contributed by atoms with Crippen LogP contribution in [0.1, 0.15) is 37.1 Å². The zero-order chi connectivity index (χ0) is 22.7. The van der Waals surface area contributed by atoms with Crippen molar-refractivity contribution in [1.82, 2.24) is 10.1 Å². The fraction of sp³-hybridized carbons (Fsp3) is 0.591. The summed E-state index contributed by atoms with van der Waals surface area (Å²) in [7, 11) is 1.59. The van der Waals surface area contributed by atoms with Crippen molar-refractivity contribution < 1.29 is 32.7 Å². The average Bonchev–Trinajstić information content (AvgIpc) is 3.38. The maximum Gasteiger partial charge on any atom is 0.324 e. The van der Waals surface area contributed by atoms with Crippen molar-refractivity contribution in [2.75, 3.05) is 31.7 Å². The number of halogens is 2. The van der Waals surface area contributed by atoms with E-state index in [1.807, 2.05) is 0 Å². The summed E-state index contributed by atoms with van der Waals surface area (Å²) < 4.78 is 43.8. The molecule has 10 heteroatoms. The number of hydrogen-bond acceptors (Lipinski definition) is 7. The highest BCUT2D eigenvalue weighted by molar-refractivity contribution is 5.70. The van der Waals surface area contributed by atoms with Crippen molar-refractivity contribution >= 4 is 12.0 Å². The number of aliphatic carboxylic acids is 1. The molecule has 0 amide bonds. The van der Waals surface area contributed by atoms with Gasteiger partial charge in [0.05, 0.1) is 13.0 Å². The Hall–Kier alpha value is -2.75. The zero-order valence-corrected chi connectivity index (χ0v) is 17.9. The number of aromatic nitrogens is 2. The lowest BCUT2D eigenvalue weighted by Crippen LogP contribution is -2.34. The van der Waals surface area contributed by atoms with Crippen LogP contribution in [0.25, 0.3) is 0 Å². The Bertz CT molecular complexity index is 922. The smallest absolute Gasteiger partial charge is 0.324 e. The minimum atomic E-state index is -1.28. The van der Waals surface area contributed by atoms with Gasteiger partial charge in [-0.3, -0.25) is 4.79 Å². The second-order valence-corrected chi connectivity index (χ2v) is 8.48. The Morgan fingerprint density at radius 1 is 1.28 bits per heavy atom. The number of rotatable bonds is 10. The van der Waals surface area contributed by atoms with Crippen LogP contribution in [0.15, 0.2) is 16.7 Å². The molecule has 2 fully saturated rings. The SMILES string of the molecule is COCc1noc(N2CCC(C3C[C@H]3CCOc3cc(F)c(CC(=O)O)c(F)c3)CC2)n1. The predicted molar refractivity (Wildman–Crippen MR) is 109 cm³/mol. The van der Waals surface area contributed by atoms with Gasteiger partial charge >= 0.3 is 12.0 Å². The molecule has 2 aliphatic rings. The molecule has 0 bridgehead atoms. The van der Waals surface area contributed by atoms with Crippen LogP contribution in [0.5, 0.6) is 5.75 Å². The lowest BCUT2D eigenvalue weighted by atomic mass is 9.90. The summed E-state index contributed by atoms with van der Waals surface area (Å²) in [5.41, 5.74) is -0.450. The van der Waals surface area contributed by atoms with Crippen LogP contribution >= 0.6 is 0 Å². The predicted octanol–water partition coefficient (Wildman–Crippen LogP) is 3.44. The highest BCUT2D eigenvalue weighted by atomic mass is 19.1. The van der Waals surface area contributed by atoms with Gasteiger partial charge in [0.25, 0.3) is 0 Å². The highest BCUT2D eigenvalue weighted by Crippen LogP contribution is 2.50. The van der Waals surface area contributed by atoms with E-state index in [1.54, 1.807) is 7.11 Å². The van der Waals surface area contributed by atoms with Gasteiger partial charge < -0.3 is 24.0 Å². The molecular weight excluding hydrogens is 424 g/mol. The first-order valence-corrected chi connectivity index (χ1v) is 10.8. The van der Waals surface area contributed by atoms with E-state index in [9.17, 15) is 13.6 Å². The van der Waals surface area contributed by atoms with Gasteiger partial charge in [-0.15, -0.1) is 0 Å². The van der Waals surface area contributed by atoms with Crippen molar-refractivity contribution in [2.24, 2.45) is 17.8 Å². The van der Waals surface area contributed by atoms with Gasteiger partial charge in [0.1, 0.15) is 24.0 Å². The minimum Gasteiger partial charge on any atom is -0.493 e. The highest BCUT2D eigenvalue weighted by Gasteiger charge is 2.43. The molecule has 1 aliphatic carbocycles. The van der Waals surface area contributed by atoms with E-state index >= 15 is 0 Å². The monoisotopic (exact) mass is 451 g/mol. The first-order chi connectivity index (χ1) is 15.4.